The quantitative estimate of drug-likeness (QED) is 0.0324. The van der Waals surface area contributed by atoms with Gasteiger partial charge in [-0.3, -0.25) is 0 Å². The number of aliphatic hydroxyl groups is 6. The molecule has 478 valence electrons. The van der Waals surface area contributed by atoms with Crippen LogP contribution in [-0.4, -0.2) is 277 Å². The molecule has 0 aromatic rings. The Balaban J connectivity index is 1.54. The van der Waals surface area contributed by atoms with Crippen molar-refractivity contribution in [1.82, 2.24) is 74.4 Å². The van der Waals surface area contributed by atoms with E-state index >= 15 is 0 Å². The van der Waals surface area contributed by atoms with E-state index in [0.29, 0.717) is 71.5 Å². The van der Waals surface area contributed by atoms with Gasteiger partial charge in [0.1, 0.15) is 54.9 Å². The Morgan fingerprint density at radius 2 is 1.12 bits per heavy atom. The van der Waals surface area contributed by atoms with Crippen molar-refractivity contribution < 1.29 is 68.8 Å². The number of carbonyl (C=O) groups is 4. The van der Waals surface area contributed by atoms with Crippen LogP contribution in [0.25, 0.3) is 0 Å². The minimum Gasteiger partial charge on any atom is -0.394 e. The van der Waals surface area contributed by atoms with E-state index in [4.69, 9.17) is 36.1 Å². The molecule has 15 unspecified atom stereocenters. The standard InChI is InChI=1S/C51H105N17O14/c52-12-7-20-55-14-1-2-15-57-22-10-27-63-50(77)67-34-30-33-44(43(74)45(34)82-47-42(73)38(39(70)36(32-69)80-47)68-51(78)64-28-11-24-59-18-5-6-19-60-29-13-53)81-46-37(54)41(72)40(71)35(79-46)31-65-48(75)61-25-8-21-56-16-3-4-17-58-23-9-26-62-49(76)66-33/h33-47,55-60,69-74H,1-32,52-54H2,(H2,61,65,75)(H2,62,66,76)(H2,63,67,77)(H2,64,68,78). The Bertz CT molecular complexity index is 1730. The number of aliphatic hydroxyl groups excluding tert-OH is 6. The fourth-order valence-corrected chi connectivity index (χ4v) is 9.90. The fourth-order valence-electron chi connectivity index (χ4n) is 9.90. The lowest BCUT2D eigenvalue weighted by molar-refractivity contribution is -0.321. The number of amides is 8. The van der Waals surface area contributed by atoms with Crippen molar-refractivity contribution in [3.05, 3.63) is 0 Å². The van der Waals surface area contributed by atoms with Crippen LogP contribution < -0.4 is 91.6 Å². The molecule has 0 aromatic heterocycles. The molecule has 3 heterocycles. The summed E-state index contributed by atoms with van der Waals surface area (Å²) in [5, 5.41) is 110. The second-order valence-electron chi connectivity index (χ2n) is 21.3. The summed E-state index contributed by atoms with van der Waals surface area (Å²) in [4.78, 5) is 53.6. The highest BCUT2D eigenvalue weighted by molar-refractivity contribution is 5.75. The molecule has 15 atom stereocenters. The molecule has 26 N–H and O–H groups in total. The monoisotopic (exact) mass is 1180 g/mol. The number of hydrogen-bond acceptors (Lipinski definition) is 23. The van der Waals surface area contributed by atoms with Crippen molar-refractivity contribution in [2.75, 3.05) is 131 Å². The van der Waals surface area contributed by atoms with Crippen LogP contribution in [0.4, 0.5) is 19.2 Å². The van der Waals surface area contributed by atoms with Gasteiger partial charge in [-0.25, -0.2) is 19.2 Å². The Hall–Kier alpha value is -3.68. The summed E-state index contributed by atoms with van der Waals surface area (Å²) >= 11 is 0. The summed E-state index contributed by atoms with van der Waals surface area (Å²) in [7, 11) is 0. The van der Waals surface area contributed by atoms with Crippen LogP contribution in [-0.2, 0) is 18.9 Å². The molecule has 31 nitrogen and oxygen atoms in total. The summed E-state index contributed by atoms with van der Waals surface area (Å²) in [5.74, 6) is 0. The molecule has 8 amide bonds. The van der Waals surface area contributed by atoms with Gasteiger partial charge < -0.3 is 141 Å². The largest absolute Gasteiger partial charge is 0.394 e. The van der Waals surface area contributed by atoms with E-state index in [9.17, 15) is 49.8 Å². The lowest BCUT2D eigenvalue weighted by Gasteiger charge is -2.50. The number of urea groups is 4. The summed E-state index contributed by atoms with van der Waals surface area (Å²) < 4.78 is 24.9. The van der Waals surface area contributed by atoms with Gasteiger partial charge in [-0.1, -0.05) is 0 Å². The lowest BCUT2D eigenvalue weighted by Crippen LogP contribution is -2.71. The number of nitrogens with one attached hydrogen (secondary N) is 14. The number of carbonyl (C=O) groups excluding carboxylic acids is 4. The first-order valence-corrected chi connectivity index (χ1v) is 30.0. The van der Waals surface area contributed by atoms with E-state index in [-0.39, 0.29) is 32.6 Å². The molecule has 0 spiro atoms. The van der Waals surface area contributed by atoms with E-state index in [0.717, 1.165) is 97.3 Å². The molecule has 4 fully saturated rings. The van der Waals surface area contributed by atoms with Gasteiger partial charge in [0.25, 0.3) is 0 Å². The van der Waals surface area contributed by atoms with Crippen LogP contribution in [0.1, 0.15) is 77.0 Å². The van der Waals surface area contributed by atoms with Crippen molar-refractivity contribution in [2.45, 2.75) is 169 Å². The third-order valence-electron chi connectivity index (χ3n) is 14.6. The van der Waals surface area contributed by atoms with Crippen molar-refractivity contribution in [3.8, 4) is 0 Å². The first kappa shape index (κ1) is 70.8. The fraction of sp³-hybridized carbons (Fsp3) is 0.922. The lowest BCUT2D eigenvalue weighted by atomic mass is 9.83. The number of hydrogen-bond donors (Lipinski definition) is 23. The predicted molar refractivity (Wildman–Crippen MR) is 305 cm³/mol. The minimum absolute atomic E-state index is 0.218. The second kappa shape index (κ2) is 42.2. The Kier molecular flexibility index (Phi) is 36.4. The first-order valence-electron chi connectivity index (χ1n) is 30.0. The van der Waals surface area contributed by atoms with E-state index in [1.807, 2.05) is 0 Å². The molecule has 31 heteroatoms. The van der Waals surface area contributed by atoms with Crippen molar-refractivity contribution in [1.29, 1.82) is 0 Å². The third-order valence-corrected chi connectivity index (χ3v) is 14.6. The Morgan fingerprint density at radius 3 is 1.71 bits per heavy atom. The predicted octanol–water partition coefficient (Wildman–Crippen LogP) is -7.20. The number of nitrogens with two attached hydrogens (primary N) is 3. The maximum Gasteiger partial charge on any atom is 0.315 e. The molecular formula is C51H105N17O14. The van der Waals surface area contributed by atoms with Crippen LogP contribution >= 0.6 is 0 Å². The molecule has 1 aliphatic carbocycles. The van der Waals surface area contributed by atoms with Crippen LogP contribution in [0, 0.1) is 0 Å². The molecule has 1 saturated carbocycles. The van der Waals surface area contributed by atoms with Crippen LogP contribution in [0.2, 0.25) is 0 Å². The number of unbranched alkanes of at least 4 members (excludes halogenated alkanes) is 2. The van der Waals surface area contributed by atoms with Gasteiger partial charge in [-0.2, -0.15) is 0 Å². The number of rotatable bonds is 28. The van der Waals surface area contributed by atoms with Crippen molar-refractivity contribution >= 4 is 24.1 Å². The third kappa shape index (κ3) is 26.7. The number of ether oxygens (including phenoxy) is 4. The normalized spacial score (nSPS) is 31.3. The summed E-state index contributed by atoms with van der Waals surface area (Å²) in [5.41, 5.74) is 17.5. The highest BCUT2D eigenvalue weighted by Crippen LogP contribution is 2.33. The maximum atomic E-state index is 13.8. The minimum atomic E-state index is -1.88. The van der Waals surface area contributed by atoms with Gasteiger partial charge in [0.15, 0.2) is 12.6 Å². The summed E-state index contributed by atoms with van der Waals surface area (Å²) in [6.45, 7) is 10.3. The topological polar surface area (TPSA) is 473 Å². The van der Waals surface area contributed by atoms with Gasteiger partial charge >= 0.3 is 24.1 Å². The summed E-state index contributed by atoms with van der Waals surface area (Å²) in [6, 6.07) is -7.95. The van der Waals surface area contributed by atoms with Gasteiger partial charge in [0.05, 0.1) is 30.8 Å². The highest BCUT2D eigenvalue weighted by Gasteiger charge is 2.54. The molecule has 3 saturated heterocycles. The average molecular weight is 1180 g/mol. The zero-order valence-corrected chi connectivity index (χ0v) is 48.0. The van der Waals surface area contributed by atoms with Crippen LogP contribution in [0.5, 0.6) is 0 Å². The Labute approximate surface area is 483 Å². The van der Waals surface area contributed by atoms with Crippen LogP contribution in [0.3, 0.4) is 0 Å². The van der Waals surface area contributed by atoms with Gasteiger partial charge in [0, 0.05) is 45.8 Å². The van der Waals surface area contributed by atoms with Gasteiger partial charge in [-0.05, 0) is 156 Å². The van der Waals surface area contributed by atoms with Gasteiger partial charge in [0.2, 0.25) is 0 Å². The van der Waals surface area contributed by atoms with E-state index in [1.54, 1.807) is 0 Å². The van der Waals surface area contributed by atoms with E-state index in [2.05, 4.69) is 74.4 Å². The molecule has 4 rings (SSSR count). The molecule has 2 bridgehead atoms. The molecular weight excluding hydrogens is 1070 g/mol. The molecule has 4 aliphatic rings. The van der Waals surface area contributed by atoms with E-state index < -0.39 is 122 Å². The van der Waals surface area contributed by atoms with Crippen LogP contribution in [0.15, 0.2) is 0 Å². The smallest absolute Gasteiger partial charge is 0.315 e. The number of fused-ring (bicyclic) bond motifs is 3. The SMILES string of the molecule is NCCCNCCCCNCCCNC(=O)NC1CC2NC(=O)NCCCNCCCCNCCCNC(=O)NCC3OC(OC2C(O)C1OC1OC(CO)C(O)C(NC(=O)NCCCNCCCCNCCN)C1O)C(N)C(O)C3O. The molecule has 0 radical (unpaired) electrons. The highest BCUT2D eigenvalue weighted by atomic mass is 16.7. The van der Waals surface area contributed by atoms with Crippen molar-refractivity contribution in [2.24, 2.45) is 17.2 Å². The van der Waals surface area contributed by atoms with Crippen molar-refractivity contribution in [3.63, 3.8) is 0 Å². The Morgan fingerprint density at radius 1 is 0.573 bits per heavy atom. The molecule has 82 heavy (non-hydrogen) atoms. The molecule has 0 aromatic carbocycles. The molecule has 3 aliphatic heterocycles. The summed E-state index contributed by atoms with van der Waals surface area (Å²) in [6.07, 6.45) is -9.08. The first-order chi connectivity index (χ1) is 39.8. The van der Waals surface area contributed by atoms with Gasteiger partial charge in [-0.15, -0.1) is 0 Å². The average Bonchev–Trinajstić information content (AvgIpc) is 3.52. The zero-order chi connectivity index (χ0) is 59.3. The zero-order valence-electron chi connectivity index (χ0n) is 48.0. The maximum absolute atomic E-state index is 13.8. The van der Waals surface area contributed by atoms with E-state index in [1.165, 1.54) is 0 Å². The second-order valence-corrected chi connectivity index (χ2v) is 21.3.